The standard InChI is InChI=1S/C31H18N4/c1-2-5-19-17(4-1)14-23-20(19)9-10-21-24(23)15-18-7-8-22-25-16-32-13-11-26(25)35-27-6-3-12-33-30(27)34-31(35)29(22)28(18)21/h1-13,16H,14-15H2. The number of pyridine rings is 3. The van der Waals surface area contributed by atoms with Crippen molar-refractivity contribution in [3.63, 3.8) is 0 Å². The van der Waals surface area contributed by atoms with Gasteiger partial charge in [-0.2, -0.15) is 0 Å². The minimum Gasteiger partial charge on any atom is -0.290 e. The first-order valence-corrected chi connectivity index (χ1v) is 12.0. The predicted octanol–water partition coefficient (Wildman–Crippen LogP) is 6.73. The highest BCUT2D eigenvalue weighted by Gasteiger charge is 2.30. The summed E-state index contributed by atoms with van der Waals surface area (Å²) in [6, 6.07) is 24.3. The van der Waals surface area contributed by atoms with Crippen LogP contribution in [-0.2, 0) is 12.8 Å². The van der Waals surface area contributed by atoms with Crippen LogP contribution in [0.1, 0.15) is 22.3 Å². The Hall–Kier alpha value is -4.57. The van der Waals surface area contributed by atoms with E-state index in [1.807, 2.05) is 24.7 Å². The molecule has 0 spiro atoms. The summed E-state index contributed by atoms with van der Waals surface area (Å²) in [6.07, 6.45) is 7.65. The molecule has 0 saturated carbocycles. The molecule has 3 aromatic carbocycles. The van der Waals surface area contributed by atoms with Crippen LogP contribution in [0.3, 0.4) is 0 Å². The maximum Gasteiger partial charge on any atom is 0.178 e. The van der Waals surface area contributed by atoms with Crippen LogP contribution in [-0.4, -0.2) is 19.4 Å². The molecule has 0 amide bonds. The molecule has 0 radical (unpaired) electrons. The second-order valence-electron chi connectivity index (χ2n) is 9.66. The number of nitrogens with zero attached hydrogens (tertiary/aromatic N) is 4. The van der Waals surface area contributed by atoms with Crippen LogP contribution in [0.2, 0.25) is 0 Å². The van der Waals surface area contributed by atoms with Crippen molar-refractivity contribution >= 4 is 38.5 Å². The summed E-state index contributed by atoms with van der Waals surface area (Å²) < 4.78 is 2.27. The van der Waals surface area contributed by atoms with Gasteiger partial charge in [0.1, 0.15) is 5.65 Å². The van der Waals surface area contributed by atoms with E-state index < -0.39 is 0 Å². The van der Waals surface area contributed by atoms with Gasteiger partial charge in [-0.3, -0.25) is 9.38 Å². The van der Waals surface area contributed by atoms with Crippen molar-refractivity contribution in [3.05, 3.63) is 108 Å². The maximum absolute atomic E-state index is 5.08. The Bertz CT molecular complexity index is 2070. The predicted molar refractivity (Wildman–Crippen MR) is 140 cm³/mol. The van der Waals surface area contributed by atoms with Gasteiger partial charge >= 0.3 is 0 Å². The van der Waals surface area contributed by atoms with Gasteiger partial charge in [-0.15, -0.1) is 0 Å². The number of fused-ring (bicyclic) bond motifs is 16. The Morgan fingerprint density at radius 2 is 1.54 bits per heavy atom. The Labute approximate surface area is 200 Å². The normalized spacial score (nSPS) is 13.5. The summed E-state index contributed by atoms with van der Waals surface area (Å²) in [7, 11) is 0. The lowest BCUT2D eigenvalue weighted by Gasteiger charge is -2.13. The molecule has 0 fully saturated rings. The van der Waals surface area contributed by atoms with Crippen LogP contribution in [0.5, 0.6) is 0 Å². The van der Waals surface area contributed by atoms with Crippen molar-refractivity contribution in [2.75, 3.05) is 0 Å². The minimum absolute atomic E-state index is 0.776. The van der Waals surface area contributed by atoms with Crippen molar-refractivity contribution < 1.29 is 0 Å². The molecule has 4 heterocycles. The topological polar surface area (TPSA) is 43.1 Å². The van der Waals surface area contributed by atoms with E-state index >= 15 is 0 Å². The third-order valence-electron chi connectivity index (χ3n) is 8.02. The molecule has 9 rings (SSSR count). The van der Waals surface area contributed by atoms with Crippen LogP contribution in [0.4, 0.5) is 0 Å². The zero-order valence-electron chi connectivity index (χ0n) is 18.8. The van der Waals surface area contributed by atoms with E-state index in [0.29, 0.717) is 0 Å². The van der Waals surface area contributed by atoms with Crippen LogP contribution >= 0.6 is 0 Å². The first-order chi connectivity index (χ1) is 17.4. The number of hydrogen-bond donors (Lipinski definition) is 0. The average Bonchev–Trinajstić information content (AvgIpc) is 3.59. The van der Waals surface area contributed by atoms with Crippen LogP contribution in [0.15, 0.2) is 85.3 Å². The van der Waals surface area contributed by atoms with Gasteiger partial charge in [-0.1, -0.05) is 48.5 Å². The van der Waals surface area contributed by atoms with E-state index in [1.165, 1.54) is 55.3 Å². The van der Waals surface area contributed by atoms with E-state index in [9.17, 15) is 0 Å². The lowest BCUT2D eigenvalue weighted by Crippen LogP contribution is -1.94. The molecule has 0 bridgehead atoms. The van der Waals surface area contributed by atoms with Gasteiger partial charge in [0.2, 0.25) is 0 Å². The molecular weight excluding hydrogens is 428 g/mol. The van der Waals surface area contributed by atoms with Crippen molar-refractivity contribution in [1.82, 2.24) is 19.4 Å². The maximum atomic E-state index is 5.08. The first kappa shape index (κ1) is 17.8. The van der Waals surface area contributed by atoms with Gasteiger partial charge in [-0.05, 0) is 80.9 Å². The lowest BCUT2D eigenvalue weighted by atomic mass is 9.94. The summed E-state index contributed by atoms with van der Waals surface area (Å²) in [6.45, 7) is 0. The van der Waals surface area contributed by atoms with E-state index in [0.717, 1.165) is 40.6 Å². The monoisotopic (exact) mass is 446 g/mol. The second kappa shape index (κ2) is 6.10. The van der Waals surface area contributed by atoms with Crippen molar-refractivity contribution in [3.8, 4) is 22.3 Å². The molecular formula is C31H18N4. The molecule has 4 nitrogen and oxygen atoms in total. The lowest BCUT2D eigenvalue weighted by molar-refractivity contribution is 1.16. The Kier molecular flexibility index (Phi) is 3.11. The molecule has 4 heteroatoms. The smallest absolute Gasteiger partial charge is 0.178 e. The molecule has 0 aliphatic heterocycles. The highest BCUT2D eigenvalue weighted by Crippen LogP contribution is 2.49. The molecule has 4 aromatic heterocycles. The van der Waals surface area contributed by atoms with E-state index in [1.54, 1.807) is 0 Å². The van der Waals surface area contributed by atoms with Crippen molar-refractivity contribution in [2.45, 2.75) is 12.8 Å². The zero-order chi connectivity index (χ0) is 22.7. The molecule has 162 valence electrons. The summed E-state index contributed by atoms with van der Waals surface area (Å²) in [5, 5.41) is 3.55. The number of imidazole rings is 1. The number of rotatable bonds is 0. The number of aromatic nitrogens is 4. The summed E-state index contributed by atoms with van der Waals surface area (Å²) in [4.78, 5) is 14.2. The van der Waals surface area contributed by atoms with Crippen LogP contribution < -0.4 is 0 Å². The first-order valence-electron chi connectivity index (χ1n) is 12.0. The molecule has 2 aliphatic rings. The molecule has 0 unspecified atom stereocenters. The van der Waals surface area contributed by atoms with E-state index in [2.05, 4.69) is 75.0 Å². The molecule has 0 N–H and O–H groups in total. The fourth-order valence-electron chi connectivity index (χ4n) is 6.57. The molecule has 7 aromatic rings. The number of hydrogen-bond acceptors (Lipinski definition) is 3. The second-order valence-corrected chi connectivity index (χ2v) is 9.66. The van der Waals surface area contributed by atoms with E-state index in [-0.39, 0.29) is 0 Å². The third-order valence-corrected chi connectivity index (χ3v) is 8.02. The van der Waals surface area contributed by atoms with Gasteiger partial charge in [0.05, 0.1) is 11.0 Å². The summed E-state index contributed by atoms with van der Waals surface area (Å²) in [5.74, 6) is 0. The SMILES string of the molecule is c1ccc2c(c1)Cc1c-2ccc2c1Cc1ccc3c4cnccc4n4c5cccnc5nc4c3c1-2. The fraction of sp³-hybridized carbons (Fsp3) is 0.0645. The van der Waals surface area contributed by atoms with Crippen molar-refractivity contribution in [1.29, 1.82) is 0 Å². The Morgan fingerprint density at radius 3 is 2.54 bits per heavy atom. The Morgan fingerprint density at radius 1 is 0.657 bits per heavy atom. The zero-order valence-corrected chi connectivity index (χ0v) is 18.8. The van der Waals surface area contributed by atoms with Crippen LogP contribution in [0.25, 0.3) is 60.7 Å². The van der Waals surface area contributed by atoms with Gasteiger partial charge in [0.15, 0.2) is 5.65 Å². The van der Waals surface area contributed by atoms with Gasteiger partial charge < -0.3 is 0 Å². The summed E-state index contributed by atoms with van der Waals surface area (Å²) in [5.41, 5.74) is 15.1. The molecule has 2 aliphatic carbocycles. The Balaban J connectivity index is 1.45. The van der Waals surface area contributed by atoms with E-state index in [4.69, 9.17) is 4.98 Å². The number of benzene rings is 3. The van der Waals surface area contributed by atoms with Crippen molar-refractivity contribution in [2.24, 2.45) is 0 Å². The fourth-order valence-corrected chi connectivity index (χ4v) is 6.57. The molecule has 35 heavy (non-hydrogen) atoms. The van der Waals surface area contributed by atoms with Gasteiger partial charge in [-0.25, -0.2) is 9.97 Å². The quantitative estimate of drug-likeness (QED) is 0.243. The highest BCUT2D eigenvalue weighted by molar-refractivity contribution is 6.19. The third kappa shape index (κ3) is 2.11. The van der Waals surface area contributed by atoms with Gasteiger partial charge in [0, 0.05) is 29.4 Å². The molecule has 0 saturated heterocycles. The summed E-state index contributed by atoms with van der Waals surface area (Å²) >= 11 is 0. The molecule has 0 atom stereocenters. The van der Waals surface area contributed by atoms with Gasteiger partial charge in [0.25, 0.3) is 0 Å². The highest BCUT2D eigenvalue weighted by atomic mass is 15.1. The minimum atomic E-state index is 0.776. The average molecular weight is 447 g/mol. The van der Waals surface area contributed by atoms with Crippen LogP contribution in [0, 0.1) is 0 Å². The largest absolute Gasteiger partial charge is 0.290 e.